The number of likely N-dealkylation sites (N-methyl/N-ethyl adjacent to an activating group) is 1. The summed E-state index contributed by atoms with van der Waals surface area (Å²) in [7, 11) is 3.49. The van der Waals surface area contributed by atoms with Crippen LogP contribution in [0.15, 0.2) is 30.3 Å². The van der Waals surface area contributed by atoms with E-state index in [1.807, 2.05) is 0 Å². The number of hydrogen-bond donors (Lipinski definition) is 0. The molecule has 5 nitrogen and oxygen atoms in total. The van der Waals surface area contributed by atoms with Crippen LogP contribution in [0.3, 0.4) is 0 Å². The Bertz CT molecular complexity index is 553. The molecule has 0 bridgehead atoms. The van der Waals surface area contributed by atoms with E-state index >= 15 is 0 Å². The normalized spacial score (nSPS) is 23.0. The molecular formula is C20H30N2O3. The number of amides is 1. The van der Waals surface area contributed by atoms with E-state index in [2.05, 4.69) is 35.2 Å². The maximum Gasteiger partial charge on any atom is 0.248 e. The Morgan fingerprint density at radius 2 is 2.00 bits per heavy atom. The Kier molecular flexibility index (Phi) is 6.10. The quantitative estimate of drug-likeness (QED) is 0.792. The molecule has 2 aliphatic rings. The third-order valence-electron chi connectivity index (χ3n) is 5.48. The number of benzene rings is 1. The summed E-state index contributed by atoms with van der Waals surface area (Å²) in [6.07, 6.45) is 3.57. The van der Waals surface area contributed by atoms with E-state index in [0.717, 1.165) is 32.7 Å². The topological polar surface area (TPSA) is 42.0 Å². The van der Waals surface area contributed by atoms with Crippen molar-refractivity contribution in [3.63, 3.8) is 0 Å². The molecule has 2 aliphatic heterocycles. The fourth-order valence-corrected chi connectivity index (χ4v) is 3.78. The van der Waals surface area contributed by atoms with Crippen molar-refractivity contribution in [2.24, 2.45) is 5.41 Å². The third-order valence-corrected chi connectivity index (χ3v) is 5.48. The molecule has 1 aromatic carbocycles. The van der Waals surface area contributed by atoms with E-state index in [9.17, 15) is 4.79 Å². The average molecular weight is 346 g/mol. The van der Waals surface area contributed by atoms with Gasteiger partial charge in [-0.15, -0.1) is 0 Å². The molecule has 0 saturated carbocycles. The molecule has 0 radical (unpaired) electrons. The molecule has 0 N–H and O–H groups in total. The summed E-state index contributed by atoms with van der Waals surface area (Å²) < 4.78 is 11.5. The van der Waals surface area contributed by atoms with Crippen LogP contribution in [0.2, 0.25) is 0 Å². The smallest absolute Gasteiger partial charge is 0.248 e. The van der Waals surface area contributed by atoms with E-state index in [1.54, 1.807) is 19.0 Å². The number of piperidine rings is 1. The van der Waals surface area contributed by atoms with Crippen molar-refractivity contribution >= 4 is 5.91 Å². The summed E-state index contributed by atoms with van der Waals surface area (Å²) in [6.45, 7) is 4.80. The summed E-state index contributed by atoms with van der Waals surface area (Å²) in [4.78, 5) is 15.6. The fourth-order valence-electron chi connectivity index (χ4n) is 3.78. The summed E-state index contributed by atoms with van der Waals surface area (Å²) in [5, 5.41) is 0. The predicted molar refractivity (Wildman–Crippen MR) is 97.3 cm³/mol. The van der Waals surface area contributed by atoms with E-state index < -0.39 is 0 Å². The lowest BCUT2D eigenvalue weighted by molar-refractivity contribution is -0.134. The molecular weight excluding hydrogens is 316 g/mol. The van der Waals surface area contributed by atoms with E-state index in [0.29, 0.717) is 12.0 Å². The molecule has 0 aliphatic carbocycles. The SMILES string of the molecule is CN(C)C(=O)COCC1CC2(CCN(Cc3ccccc3)CC2)CO1. The summed E-state index contributed by atoms with van der Waals surface area (Å²) in [5.74, 6) is 0.00179. The highest BCUT2D eigenvalue weighted by Gasteiger charge is 2.42. The molecule has 1 amide bonds. The number of hydrogen-bond acceptors (Lipinski definition) is 4. The van der Waals surface area contributed by atoms with Gasteiger partial charge in [0.1, 0.15) is 6.61 Å². The van der Waals surface area contributed by atoms with Gasteiger partial charge in [0.05, 0.1) is 19.3 Å². The second kappa shape index (κ2) is 8.30. The number of carbonyl (C=O) groups excluding carboxylic acids is 1. The Labute approximate surface area is 150 Å². The van der Waals surface area contributed by atoms with Crippen molar-refractivity contribution in [1.82, 2.24) is 9.80 Å². The number of likely N-dealkylation sites (tertiary alicyclic amines) is 1. The highest BCUT2D eigenvalue weighted by Crippen LogP contribution is 2.42. The molecule has 3 rings (SSSR count). The van der Waals surface area contributed by atoms with Gasteiger partial charge >= 0.3 is 0 Å². The lowest BCUT2D eigenvalue weighted by Crippen LogP contribution is -2.40. The Morgan fingerprint density at radius 3 is 2.68 bits per heavy atom. The Morgan fingerprint density at radius 1 is 1.28 bits per heavy atom. The van der Waals surface area contributed by atoms with Gasteiger partial charge in [-0.05, 0) is 43.3 Å². The molecule has 1 aromatic rings. The van der Waals surface area contributed by atoms with Gasteiger partial charge in [0.25, 0.3) is 0 Å². The van der Waals surface area contributed by atoms with Crippen LogP contribution in [0.25, 0.3) is 0 Å². The minimum atomic E-state index is 0.00179. The van der Waals surface area contributed by atoms with Crippen LogP contribution in [-0.4, -0.2) is 68.8 Å². The summed E-state index contributed by atoms with van der Waals surface area (Å²) in [6, 6.07) is 10.7. The molecule has 1 atom stereocenters. The van der Waals surface area contributed by atoms with Gasteiger partial charge in [0, 0.05) is 20.6 Å². The molecule has 2 fully saturated rings. The zero-order valence-electron chi connectivity index (χ0n) is 15.4. The predicted octanol–water partition coefficient (Wildman–Crippen LogP) is 2.16. The van der Waals surface area contributed by atoms with Gasteiger partial charge in [-0.3, -0.25) is 9.69 Å². The van der Waals surface area contributed by atoms with Gasteiger partial charge in [0.15, 0.2) is 0 Å². The van der Waals surface area contributed by atoms with Gasteiger partial charge in [0.2, 0.25) is 5.91 Å². The van der Waals surface area contributed by atoms with Crippen molar-refractivity contribution in [3.8, 4) is 0 Å². The Hall–Kier alpha value is -1.43. The zero-order chi connectivity index (χ0) is 17.7. The van der Waals surface area contributed by atoms with Gasteiger partial charge in [-0.1, -0.05) is 30.3 Å². The second-order valence-electron chi connectivity index (χ2n) is 7.70. The Balaban J connectivity index is 1.39. The van der Waals surface area contributed by atoms with Crippen LogP contribution >= 0.6 is 0 Å². The standard InChI is InChI=1S/C20H30N2O3/c1-21(2)19(23)15-24-14-18-12-20(16-25-18)8-10-22(11-9-20)13-17-6-4-3-5-7-17/h3-7,18H,8-16H2,1-2H3. The maximum absolute atomic E-state index is 11.6. The first-order chi connectivity index (χ1) is 12.1. The summed E-state index contributed by atoms with van der Waals surface area (Å²) >= 11 is 0. The van der Waals surface area contributed by atoms with Crippen LogP contribution in [0.5, 0.6) is 0 Å². The first-order valence-corrected chi connectivity index (χ1v) is 9.22. The number of carbonyl (C=O) groups is 1. The van der Waals surface area contributed by atoms with Crippen molar-refractivity contribution in [2.45, 2.75) is 31.9 Å². The average Bonchev–Trinajstić information content (AvgIpc) is 3.01. The minimum absolute atomic E-state index is 0.00179. The van der Waals surface area contributed by atoms with Crippen molar-refractivity contribution < 1.29 is 14.3 Å². The maximum atomic E-state index is 11.6. The summed E-state index contributed by atoms with van der Waals surface area (Å²) in [5.41, 5.74) is 1.70. The zero-order valence-corrected chi connectivity index (χ0v) is 15.4. The molecule has 2 heterocycles. The minimum Gasteiger partial charge on any atom is -0.375 e. The second-order valence-corrected chi connectivity index (χ2v) is 7.70. The van der Waals surface area contributed by atoms with Crippen LogP contribution < -0.4 is 0 Å². The molecule has 2 saturated heterocycles. The van der Waals surface area contributed by atoms with Gasteiger partial charge in [-0.25, -0.2) is 0 Å². The number of rotatable bonds is 6. The van der Waals surface area contributed by atoms with Crippen molar-refractivity contribution in [1.29, 1.82) is 0 Å². The third kappa shape index (κ3) is 5.03. The molecule has 5 heteroatoms. The lowest BCUT2D eigenvalue weighted by Gasteiger charge is -2.38. The van der Waals surface area contributed by atoms with Gasteiger partial charge in [-0.2, -0.15) is 0 Å². The van der Waals surface area contributed by atoms with E-state index in [1.165, 1.54) is 18.4 Å². The van der Waals surface area contributed by atoms with E-state index in [-0.39, 0.29) is 18.6 Å². The molecule has 25 heavy (non-hydrogen) atoms. The molecule has 138 valence electrons. The molecule has 1 unspecified atom stereocenters. The van der Waals surface area contributed by atoms with Crippen LogP contribution in [0.1, 0.15) is 24.8 Å². The van der Waals surface area contributed by atoms with Crippen molar-refractivity contribution in [2.75, 3.05) is 47.0 Å². The van der Waals surface area contributed by atoms with Crippen LogP contribution in [-0.2, 0) is 20.8 Å². The largest absolute Gasteiger partial charge is 0.375 e. The first-order valence-electron chi connectivity index (χ1n) is 9.22. The fraction of sp³-hybridized carbons (Fsp3) is 0.650. The van der Waals surface area contributed by atoms with Crippen molar-refractivity contribution in [3.05, 3.63) is 35.9 Å². The monoisotopic (exact) mass is 346 g/mol. The first kappa shape index (κ1) is 18.4. The number of ether oxygens (including phenoxy) is 2. The molecule has 1 spiro atoms. The van der Waals surface area contributed by atoms with Crippen LogP contribution in [0, 0.1) is 5.41 Å². The lowest BCUT2D eigenvalue weighted by atomic mass is 9.76. The highest BCUT2D eigenvalue weighted by molar-refractivity contribution is 5.76. The van der Waals surface area contributed by atoms with Gasteiger partial charge < -0.3 is 14.4 Å². The number of nitrogens with zero attached hydrogens (tertiary/aromatic N) is 2. The highest BCUT2D eigenvalue weighted by atomic mass is 16.5. The molecule has 0 aromatic heterocycles. The van der Waals surface area contributed by atoms with Crippen LogP contribution in [0.4, 0.5) is 0 Å². The van der Waals surface area contributed by atoms with E-state index in [4.69, 9.17) is 9.47 Å².